The third-order valence-electron chi connectivity index (χ3n) is 1.99. The fraction of sp³-hybridized carbons (Fsp3) is 0.556. The van der Waals surface area contributed by atoms with Crippen LogP contribution in [0.2, 0.25) is 0 Å². The summed E-state index contributed by atoms with van der Waals surface area (Å²) in [5.74, 6) is -3.58. The molecule has 1 atom stereocenters. The van der Waals surface area contributed by atoms with Gasteiger partial charge < -0.3 is 26.2 Å². The van der Waals surface area contributed by atoms with Crippen LogP contribution in [0.3, 0.4) is 0 Å². The minimum absolute atomic E-state index is 0.133. The number of aliphatic carboxylic acids is 2. The van der Waals surface area contributed by atoms with Crippen molar-refractivity contribution in [3.63, 3.8) is 0 Å². The summed E-state index contributed by atoms with van der Waals surface area (Å²) in [7, 11) is 0. The molecule has 0 radical (unpaired) electrons. The molecule has 1 unspecified atom stereocenters. The lowest BCUT2D eigenvalue weighted by molar-refractivity contribution is -0.145. The van der Waals surface area contributed by atoms with Gasteiger partial charge >= 0.3 is 18.0 Å². The second-order valence-electron chi connectivity index (χ2n) is 3.42. The summed E-state index contributed by atoms with van der Waals surface area (Å²) in [6.07, 6.45) is -0.755. The average molecular weight is 261 g/mol. The molecule has 0 spiro atoms. The summed E-state index contributed by atoms with van der Waals surface area (Å²) in [4.78, 5) is 44.3. The van der Waals surface area contributed by atoms with E-state index in [1.54, 1.807) is 6.92 Å². The number of hydrogen-bond donors (Lipinski definition) is 4. The molecule has 102 valence electrons. The monoisotopic (exact) mass is 261 g/mol. The van der Waals surface area contributed by atoms with Crippen LogP contribution in [0.4, 0.5) is 4.79 Å². The highest BCUT2D eigenvalue weighted by atomic mass is 16.4. The molecule has 0 aliphatic rings. The lowest BCUT2D eigenvalue weighted by Crippen LogP contribution is -2.50. The smallest absolute Gasteiger partial charge is 0.326 e. The van der Waals surface area contributed by atoms with Crippen LogP contribution in [0.15, 0.2) is 0 Å². The van der Waals surface area contributed by atoms with E-state index in [0.29, 0.717) is 0 Å². The Labute approximate surface area is 103 Å². The maximum Gasteiger partial charge on any atom is 0.326 e. The molecule has 9 heteroatoms. The minimum Gasteiger partial charge on any atom is -0.481 e. The standard InChI is InChI=1S/C9H15N3O6/c1-2-12(4-6(10)13)9(18)11-5(8(16)17)3-7(14)15/h5H,2-4H2,1H3,(H2,10,13)(H,11,18)(H,14,15)(H,16,17). The van der Waals surface area contributed by atoms with Crippen molar-refractivity contribution in [2.75, 3.05) is 13.1 Å². The molecule has 0 aliphatic carbocycles. The Morgan fingerprint density at radius 2 is 1.83 bits per heavy atom. The number of amides is 3. The Balaban J connectivity index is 4.60. The largest absolute Gasteiger partial charge is 0.481 e. The predicted molar refractivity (Wildman–Crippen MR) is 58.6 cm³/mol. The van der Waals surface area contributed by atoms with Gasteiger partial charge in [-0.15, -0.1) is 0 Å². The Bertz CT molecular complexity index is 356. The van der Waals surface area contributed by atoms with Gasteiger partial charge in [0.15, 0.2) is 0 Å². The van der Waals surface area contributed by atoms with E-state index < -0.39 is 36.3 Å². The maximum absolute atomic E-state index is 11.6. The van der Waals surface area contributed by atoms with Crippen LogP contribution in [0, 0.1) is 0 Å². The molecule has 0 saturated heterocycles. The zero-order valence-corrected chi connectivity index (χ0v) is 9.75. The third-order valence-corrected chi connectivity index (χ3v) is 1.99. The molecule has 0 rings (SSSR count). The molecule has 0 fully saturated rings. The molecule has 0 aromatic carbocycles. The molecule has 0 saturated carbocycles. The highest BCUT2D eigenvalue weighted by Crippen LogP contribution is 1.96. The van der Waals surface area contributed by atoms with Crippen molar-refractivity contribution >= 4 is 23.9 Å². The van der Waals surface area contributed by atoms with E-state index in [2.05, 4.69) is 0 Å². The second-order valence-corrected chi connectivity index (χ2v) is 3.42. The van der Waals surface area contributed by atoms with Crippen LogP contribution < -0.4 is 11.1 Å². The normalized spacial score (nSPS) is 11.4. The average Bonchev–Trinajstić information content (AvgIpc) is 2.23. The zero-order valence-electron chi connectivity index (χ0n) is 9.75. The van der Waals surface area contributed by atoms with Crippen LogP contribution in [0.5, 0.6) is 0 Å². The Hall–Kier alpha value is -2.32. The Morgan fingerprint density at radius 3 is 2.17 bits per heavy atom. The molecule has 0 aromatic rings. The van der Waals surface area contributed by atoms with Gasteiger partial charge in [-0.3, -0.25) is 9.59 Å². The summed E-state index contributed by atoms with van der Waals surface area (Å²) in [6.45, 7) is 1.32. The molecule has 0 heterocycles. The first-order chi connectivity index (χ1) is 8.27. The van der Waals surface area contributed by atoms with E-state index in [9.17, 15) is 19.2 Å². The van der Waals surface area contributed by atoms with Gasteiger partial charge in [0.1, 0.15) is 12.6 Å². The van der Waals surface area contributed by atoms with Crippen LogP contribution in [0.25, 0.3) is 0 Å². The fourth-order valence-corrected chi connectivity index (χ4v) is 1.13. The van der Waals surface area contributed by atoms with Crippen LogP contribution in [0.1, 0.15) is 13.3 Å². The van der Waals surface area contributed by atoms with Gasteiger partial charge in [-0.2, -0.15) is 0 Å². The van der Waals surface area contributed by atoms with Gasteiger partial charge in [0, 0.05) is 6.54 Å². The number of rotatable bonds is 7. The van der Waals surface area contributed by atoms with Crippen LogP contribution >= 0.6 is 0 Å². The molecule has 18 heavy (non-hydrogen) atoms. The number of urea groups is 1. The van der Waals surface area contributed by atoms with Gasteiger partial charge in [0.25, 0.3) is 0 Å². The summed E-state index contributed by atoms with van der Waals surface area (Å²) < 4.78 is 0. The number of nitrogens with zero attached hydrogens (tertiary/aromatic N) is 1. The van der Waals surface area contributed by atoms with E-state index in [-0.39, 0.29) is 13.1 Å². The minimum atomic E-state index is -1.56. The number of primary amides is 1. The van der Waals surface area contributed by atoms with E-state index in [4.69, 9.17) is 15.9 Å². The first-order valence-electron chi connectivity index (χ1n) is 5.06. The van der Waals surface area contributed by atoms with Crippen molar-refractivity contribution < 1.29 is 29.4 Å². The van der Waals surface area contributed by atoms with Crippen LogP contribution in [-0.2, 0) is 14.4 Å². The number of hydrogen-bond acceptors (Lipinski definition) is 4. The van der Waals surface area contributed by atoms with Crippen LogP contribution in [-0.4, -0.2) is 58.1 Å². The van der Waals surface area contributed by atoms with Crippen molar-refractivity contribution in [2.24, 2.45) is 5.73 Å². The third kappa shape index (κ3) is 5.68. The number of nitrogens with two attached hydrogens (primary N) is 1. The number of likely N-dealkylation sites (N-methyl/N-ethyl adjacent to an activating group) is 1. The second kappa shape index (κ2) is 7.09. The summed E-state index contributed by atoms with van der Waals surface area (Å²) in [6, 6.07) is -2.41. The highest BCUT2D eigenvalue weighted by Gasteiger charge is 2.25. The van der Waals surface area contributed by atoms with Crippen molar-refractivity contribution in [2.45, 2.75) is 19.4 Å². The van der Waals surface area contributed by atoms with Gasteiger partial charge in [-0.1, -0.05) is 0 Å². The molecule has 0 aliphatic heterocycles. The molecule has 3 amide bonds. The lowest BCUT2D eigenvalue weighted by atomic mass is 10.2. The molecule has 9 nitrogen and oxygen atoms in total. The summed E-state index contributed by atoms with van der Waals surface area (Å²) in [5, 5.41) is 19.2. The quantitative estimate of drug-likeness (QED) is 0.434. The number of carboxylic acid groups (broad SMARTS) is 2. The topological polar surface area (TPSA) is 150 Å². The number of carbonyl (C=O) groups is 4. The Morgan fingerprint density at radius 1 is 1.28 bits per heavy atom. The number of carbonyl (C=O) groups excluding carboxylic acids is 2. The fourth-order valence-electron chi connectivity index (χ4n) is 1.13. The number of carboxylic acids is 2. The first kappa shape index (κ1) is 15.7. The molecule has 0 bridgehead atoms. The van der Waals surface area contributed by atoms with Gasteiger partial charge in [0.05, 0.1) is 6.42 Å². The van der Waals surface area contributed by atoms with E-state index in [1.807, 2.05) is 5.32 Å². The van der Waals surface area contributed by atoms with Gasteiger partial charge in [-0.05, 0) is 6.92 Å². The molecule has 0 aromatic heterocycles. The predicted octanol–water partition coefficient (Wildman–Crippen LogP) is -1.57. The van der Waals surface area contributed by atoms with E-state index >= 15 is 0 Å². The molecular formula is C9H15N3O6. The number of nitrogens with one attached hydrogen (secondary N) is 1. The highest BCUT2D eigenvalue weighted by molar-refractivity contribution is 5.88. The first-order valence-corrected chi connectivity index (χ1v) is 5.06. The Kier molecular flexibility index (Phi) is 6.18. The SMILES string of the molecule is CCN(CC(N)=O)C(=O)NC(CC(=O)O)C(=O)O. The van der Waals surface area contributed by atoms with Crippen molar-refractivity contribution in [3.05, 3.63) is 0 Å². The lowest BCUT2D eigenvalue weighted by Gasteiger charge is -2.22. The van der Waals surface area contributed by atoms with Gasteiger partial charge in [-0.25, -0.2) is 9.59 Å². The zero-order chi connectivity index (χ0) is 14.3. The van der Waals surface area contributed by atoms with Crippen molar-refractivity contribution in [1.29, 1.82) is 0 Å². The molecule has 5 N–H and O–H groups in total. The van der Waals surface area contributed by atoms with E-state index in [0.717, 1.165) is 4.90 Å². The molecular weight excluding hydrogens is 246 g/mol. The van der Waals surface area contributed by atoms with Gasteiger partial charge in [0.2, 0.25) is 5.91 Å². The van der Waals surface area contributed by atoms with E-state index in [1.165, 1.54) is 0 Å². The van der Waals surface area contributed by atoms with Crippen molar-refractivity contribution in [1.82, 2.24) is 10.2 Å². The summed E-state index contributed by atoms with van der Waals surface area (Å²) >= 11 is 0. The maximum atomic E-state index is 11.6. The van der Waals surface area contributed by atoms with Crippen molar-refractivity contribution in [3.8, 4) is 0 Å². The summed E-state index contributed by atoms with van der Waals surface area (Å²) in [5.41, 5.74) is 4.91.